The lowest BCUT2D eigenvalue weighted by Crippen LogP contribution is -2.12. The van der Waals surface area contributed by atoms with Crippen molar-refractivity contribution in [2.45, 2.75) is 6.92 Å². The van der Waals surface area contributed by atoms with Crippen molar-refractivity contribution in [1.29, 1.82) is 0 Å². The lowest BCUT2D eigenvalue weighted by molar-refractivity contribution is 1.13. The zero-order valence-corrected chi connectivity index (χ0v) is 12.5. The Morgan fingerprint density at radius 2 is 1.67 bits per heavy atom. The van der Waals surface area contributed by atoms with Crippen LogP contribution in [-0.4, -0.2) is 20.8 Å². The first-order chi connectivity index (χ1) is 8.65. The molecule has 2 heteroatoms. The Balaban J connectivity index is 2.70. The monoisotopic (exact) mass is 257 g/mol. The number of rotatable bonds is 3. The number of anilines is 1. The predicted molar refractivity (Wildman–Crippen MR) is 84.8 cm³/mol. The summed E-state index contributed by atoms with van der Waals surface area (Å²) >= 11 is 0. The van der Waals surface area contributed by atoms with Gasteiger partial charge in [0, 0.05) is 25.3 Å². The Morgan fingerprint density at radius 3 is 2.33 bits per heavy atom. The standard InChI is InChI=1S/C16H20NP/c1-12-8-7-10-14(17(2)3)16(12)13-9-5-6-11-15(13)18-4/h5-11,18H,1-4H3. The quantitative estimate of drug-likeness (QED) is 0.758. The van der Waals surface area contributed by atoms with E-state index in [0.717, 1.165) is 8.58 Å². The van der Waals surface area contributed by atoms with Crippen molar-refractivity contribution in [3.05, 3.63) is 48.0 Å². The zero-order chi connectivity index (χ0) is 13.1. The van der Waals surface area contributed by atoms with Crippen molar-refractivity contribution in [1.82, 2.24) is 0 Å². The van der Waals surface area contributed by atoms with Crippen LogP contribution in [-0.2, 0) is 0 Å². The first-order valence-electron chi connectivity index (χ1n) is 6.19. The van der Waals surface area contributed by atoms with Crippen LogP contribution in [0.2, 0.25) is 0 Å². The molecule has 0 aliphatic heterocycles. The van der Waals surface area contributed by atoms with Crippen molar-refractivity contribution in [3.8, 4) is 11.1 Å². The maximum atomic E-state index is 2.24. The van der Waals surface area contributed by atoms with E-state index in [9.17, 15) is 0 Å². The second-order valence-corrected chi connectivity index (χ2v) is 5.70. The molecule has 0 heterocycles. The third kappa shape index (κ3) is 2.42. The van der Waals surface area contributed by atoms with Crippen LogP contribution >= 0.6 is 8.58 Å². The van der Waals surface area contributed by atoms with Crippen LogP contribution < -0.4 is 10.2 Å². The lowest BCUT2D eigenvalue weighted by Gasteiger charge is -2.21. The molecule has 94 valence electrons. The Hall–Kier alpha value is -1.33. The van der Waals surface area contributed by atoms with Gasteiger partial charge < -0.3 is 4.90 Å². The van der Waals surface area contributed by atoms with E-state index in [2.05, 4.69) is 75.0 Å². The molecule has 2 aromatic rings. The molecule has 18 heavy (non-hydrogen) atoms. The molecule has 0 spiro atoms. The number of nitrogens with zero attached hydrogens (tertiary/aromatic N) is 1. The van der Waals surface area contributed by atoms with E-state index in [0.29, 0.717) is 0 Å². The molecule has 0 N–H and O–H groups in total. The average Bonchev–Trinajstić information content (AvgIpc) is 2.38. The summed E-state index contributed by atoms with van der Waals surface area (Å²) < 4.78 is 0. The molecule has 0 fully saturated rings. The highest BCUT2D eigenvalue weighted by atomic mass is 31.1. The summed E-state index contributed by atoms with van der Waals surface area (Å²) in [5.41, 5.74) is 5.38. The van der Waals surface area contributed by atoms with Crippen molar-refractivity contribution in [2.75, 3.05) is 25.7 Å². The van der Waals surface area contributed by atoms with Gasteiger partial charge in [0.2, 0.25) is 0 Å². The zero-order valence-electron chi connectivity index (χ0n) is 11.5. The molecule has 0 amide bonds. The van der Waals surface area contributed by atoms with Crippen LogP contribution in [0.1, 0.15) is 5.56 Å². The average molecular weight is 257 g/mol. The van der Waals surface area contributed by atoms with Gasteiger partial charge >= 0.3 is 0 Å². The summed E-state index contributed by atoms with van der Waals surface area (Å²) in [7, 11) is 5.03. The van der Waals surface area contributed by atoms with Gasteiger partial charge in [0.05, 0.1) is 0 Å². The third-order valence-electron chi connectivity index (χ3n) is 3.20. The Labute approximate surface area is 112 Å². The number of aryl methyl sites for hydroxylation is 1. The summed E-state index contributed by atoms with van der Waals surface area (Å²) in [5, 5.41) is 1.44. The maximum Gasteiger partial charge on any atom is 0.0443 e. The molecular weight excluding hydrogens is 237 g/mol. The lowest BCUT2D eigenvalue weighted by atomic mass is 9.98. The number of hydrogen-bond acceptors (Lipinski definition) is 1. The molecule has 1 unspecified atom stereocenters. The minimum Gasteiger partial charge on any atom is -0.377 e. The Bertz CT molecular complexity index is 547. The molecule has 0 aliphatic carbocycles. The molecule has 0 saturated heterocycles. The minimum absolute atomic E-state index is 0.822. The topological polar surface area (TPSA) is 3.24 Å². The van der Waals surface area contributed by atoms with E-state index >= 15 is 0 Å². The highest BCUT2D eigenvalue weighted by molar-refractivity contribution is 7.46. The van der Waals surface area contributed by atoms with Crippen molar-refractivity contribution in [3.63, 3.8) is 0 Å². The van der Waals surface area contributed by atoms with Gasteiger partial charge in [-0.05, 0) is 36.1 Å². The molecular formula is C16H20NP. The van der Waals surface area contributed by atoms with E-state index < -0.39 is 0 Å². The first-order valence-corrected chi connectivity index (χ1v) is 7.69. The molecule has 0 radical (unpaired) electrons. The van der Waals surface area contributed by atoms with Crippen LogP contribution in [0, 0.1) is 6.92 Å². The molecule has 1 nitrogen and oxygen atoms in total. The summed E-state index contributed by atoms with van der Waals surface area (Å²) in [4.78, 5) is 2.19. The molecule has 0 aliphatic rings. The SMILES string of the molecule is CPc1ccccc1-c1c(C)cccc1N(C)C. The second-order valence-electron chi connectivity index (χ2n) is 4.66. The van der Waals surface area contributed by atoms with Crippen molar-refractivity contribution >= 4 is 19.6 Å². The van der Waals surface area contributed by atoms with Gasteiger partial charge in [-0.25, -0.2) is 0 Å². The van der Waals surface area contributed by atoms with E-state index in [4.69, 9.17) is 0 Å². The van der Waals surface area contributed by atoms with Crippen molar-refractivity contribution < 1.29 is 0 Å². The van der Waals surface area contributed by atoms with E-state index in [1.165, 1.54) is 27.7 Å². The molecule has 0 aromatic heterocycles. The van der Waals surface area contributed by atoms with E-state index in [-0.39, 0.29) is 0 Å². The van der Waals surface area contributed by atoms with Crippen LogP contribution in [0.5, 0.6) is 0 Å². The van der Waals surface area contributed by atoms with Gasteiger partial charge in [-0.15, -0.1) is 0 Å². The van der Waals surface area contributed by atoms with Crippen LogP contribution in [0.3, 0.4) is 0 Å². The summed E-state index contributed by atoms with van der Waals surface area (Å²) in [6.07, 6.45) is 0. The van der Waals surface area contributed by atoms with Gasteiger partial charge in [0.1, 0.15) is 0 Å². The van der Waals surface area contributed by atoms with Gasteiger partial charge in [-0.1, -0.05) is 45.0 Å². The molecule has 1 atom stereocenters. The highest BCUT2D eigenvalue weighted by Crippen LogP contribution is 2.33. The predicted octanol–water partition coefficient (Wildman–Crippen LogP) is 3.66. The Kier molecular flexibility index (Phi) is 4.04. The molecule has 0 saturated carbocycles. The minimum atomic E-state index is 0.822. The third-order valence-corrected chi connectivity index (χ3v) is 4.17. The second kappa shape index (κ2) is 5.54. The van der Waals surface area contributed by atoms with Gasteiger partial charge in [0.15, 0.2) is 0 Å². The number of hydrogen-bond donors (Lipinski definition) is 0. The highest BCUT2D eigenvalue weighted by Gasteiger charge is 2.12. The normalized spacial score (nSPS) is 11.1. The largest absolute Gasteiger partial charge is 0.377 e. The summed E-state index contributed by atoms with van der Waals surface area (Å²) in [6.45, 7) is 4.43. The fourth-order valence-electron chi connectivity index (χ4n) is 2.29. The fraction of sp³-hybridized carbons (Fsp3) is 0.250. The fourth-order valence-corrected chi connectivity index (χ4v) is 3.04. The molecule has 2 aromatic carbocycles. The Morgan fingerprint density at radius 1 is 0.944 bits per heavy atom. The van der Waals surface area contributed by atoms with Gasteiger partial charge in [-0.2, -0.15) is 0 Å². The van der Waals surface area contributed by atoms with Crippen LogP contribution in [0.25, 0.3) is 11.1 Å². The smallest absolute Gasteiger partial charge is 0.0443 e. The molecule has 0 bridgehead atoms. The first kappa shape index (κ1) is 13.1. The number of benzene rings is 2. The summed E-state index contributed by atoms with van der Waals surface area (Å²) in [5.74, 6) is 0. The van der Waals surface area contributed by atoms with Crippen molar-refractivity contribution in [2.24, 2.45) is 0 Å². The van der Waals surface area contributed by atoms with E-state index in [1.54, 1.807) is 0 Å². The van der Waals surface area contributed by atoms with Crippen LogP contribution in [0.15, 0.2) is 42.5 Å². The van der Waals surface area contributed by atoms with Gasteiger partial charge in [0.25, 0.3) is 0 Å². The van der Waals surface area contributed by atoms with E-state index in [1.807, 2.05) is 0 Å². The summed E-state index contributed by atoms with van der Waals surface area (Å²) in [6, 6.07) is 15.2. The van der Waals surface area contributed by atoms with Crippen LogP contribution in [0.4, 0.5) is 5.69 Å². The molecule has 2 rings (SSSR count). The maximum absolute atomic E-state index is 2.24. The van der Waals surface area contributed by atoms with Gasteiger partial charge in [-0.3, -0.25) is 0 Å².